The van der Waals surface area contributed by atoms with Gasteiger partial charge < -0.3 is 9.64 Å². The highest BCUT2D eigenvalue weighted by molar-refractivity contribution is 5.90. The van der Waals surface area contributed by atoms with Crippen LogP contribution in [0.25, 0.3) is 0 Å². The normalized spacial score (nSPS) is 14.4. The molecule has 0 saturated heterocycles. The molecule has 0 radical (unpaired) electrons. The Balaban J connectivity index is 2.04. The van der Waals surface area contributed by atoms with Gasteiger partial charge in [0.05, 0.1) is 18.4 Å². The molecule has 4 nitrogen and oxygen atoms in total. The van der Waals surface area contributed by atoms with Gasteiger partial charge in [0.25, 0.3) is 0 Å². The van der Waals surface area contributed by atoms with E-state index in [9.17, 15) is 4.79 Å². The third-order valence-electron chi connectivity index (χ3n) is 3.44. The minimum atomic E-state index is -0.327. The van der Waals surface area contributed by atoms with Crippen LogP contribution in [0.1, 0.15) is 35.3 Å². The van der Waals surface area contributed by atoms with Crippen molar-refractivity contribution in [2.75, 3.05) is 25.6 Å². The Morgan fingerprint density at radius 1 is 1.50 bits per heavy atom. The molecule has 1 heterocycles. The summed E-state index contributed by atoms with van der Waals surface area (Å²) in [4.78, 5) is 18.1. The molecule has 4 heteroatoms. The van der Waals surface area contributed by atoms with Crippen molar-refractivity contribution in [2.24, 2.45) is 5.92 Å². The van der Waals surface area contributed by atoms with Crippen LogP contribution in [0.15, 0.2) is 12.1 Å². The molecule has 1 fully saturated rings. The van der Waals surface area contributed by atoms with E-state index in [1.807, 2.05) is 20.0 Å². The van der Waals surface area contributed by atoms with Gasteiger partial charge in [-0.05, 0) is 31.4 Å². The number of methoxy groups -OCH3 is 1. The van der Waals surface area contributed by atoms with Crippen LogP contribution in [0.2, 0.25) is 0 Å². The van der Waals surface area contributed by atoms with Gasteiger partial charge in [0.2, 0.25) is 0 Å². The predicted octanol–water partition coefficient (Wildman–Crippen LogP) is 2.41. The first-order chi connectivity index (χ1) is 8.61. The number of anilines is 1. The van der Waals surface area contributed by atoms with E-state index in [0.717, 1.165) is 24.0 Å². The molecule has 1 aromatic rings. The molecule has 0 bridgehead atoms. The zero-order chi connectivity index (χ0) is 13.1. The monoisotopic (exact) mass is 248 g/mol. The Bertz CT molecular complexity index is 441. The highest BCUT2D eigenvalue weighted by Crippen LogP contribution is 2.32. The van der Waals surface area contributed by atoms with Crippen LogP contribution in [-0.2, 0) is 4.74 Å². The summed E-state index contributed by atoms with van der Waals surface area (Å²) in [6.07, 6.45) is 3.99. The second-order valence-electron chi connectivity index (χ2n) is 4.95. The minimum absolute atomic E-state index is 0.327. The number of pyridine rings is 1. The van der Waals surface area contributed by atoms with Crippen molar-refractivity contribution in [1.82, 2.24) is 4.98 Å². The molecular weight excluding hydrogens is 228 g/mol. The average molecular weight is 248 g/mol. The van der Waals surface area contributed by atoms with Crippen LogP contribution >= 0.6 is 0 Å². The molecule has 1 aromatic heterocycles. The van der Waals surface area contributed by atoms with Gasteiger partial charge in [0, 0.05) is 13.6 Å². The average Bonchev–Trinajstić information content (AvgIpc) is 3.19. The number of carbonyl (C=O) groups is 1. The molecule has 98 valence electrons. The molecule has 18 heavy (non-hydrogen) atoms. The van der Waals surface area contributed by atoms with E-state index >= 15 is 0 Å². The maximum Gasteiger partial charge on any atom is 0.339 e. The first kappa shape index (κ1) is 12.9. The van der Waals surface area contributed by atoms with E-state index in [1.54, 1.807) is 6.07 Å². The van der Waals surface area contributed by atoms with E-state index in [-0.39, 0.29) is 5.97 Å². The first-order valence-corrected chi connectivity index (χ1v) is 6.39. The lowest BCUT2D eigenvalue weighted by molar-refractivity contribution is 0.0599. The molecule has 0 amide bonds. The smallest absolute Gasteiger partial charge is 0.339 e. The first-order valence-electron chi connectivity index (χ1n) is 6.39. The van der Waals surface area contributed by atoms with E-state index in [4.69, 9.17) is 4.74 Å². The largest absolute Gasteiger partial charge is 0.465 e. The lowest BCUT2D eigenvalue weighted by Crippen LogP contribution is -2.21. The van der Waals surface area contributed by atoms with Gasteiger partial charge >= 0.3 is 5.97 Å². The maximum atomic E-state index is 11.5. The van der Waals surface area contributed by atoms with Crippen LogP contribution in [-0.4, -0.2) is 31.7 Å². The third-order valence-corrected chi connectivity index (χ3v) is 3.44. The van der Waals surface area contributed by atoms with Gasteiger partial charge in [-0.15, -0.1) is 0 Å². The summed E-state index contributed by atoms with van der Waals surface area (Å²) < 4.78 is 4.71. The summed E-state index contributed by atoms with van der Waals surface area (Å²) in [5.41, 5.74) is 1.26. The molecule has 2 rings (SSSR count). The molecule has 0 N–H and O–H groups in total. The van der Waals surface area contributed by atoms with Gasteiger partial charge in [0.15, 0.2) is 0 Å². The number of carbonyl (C=O) groups excluding carboxylic acids is 1. The fraction of sp³-hybridized carbons (Fsp3) is 0.571. The van der Waals surface area contributed by atoms with Crippen LogP contribution in [0.3, 0.4) is 0 Å². The molecule has 0 spiro atoms. The van der Waals surface area contributed by atoms with Crippen molar-refractivity contribution >= 4 is 11.8 Å². The standard InChI is InChI=1S/C14H20N2O2/c1-10-12(14(17)18-3)6-7-13(15-10)16(2)9-8-11-4-5-11/h6-7,11H,4-5,8-9H2,1-3H3. The van der Waals surface area contributed by atoms with E-state index in [1.165, 1.54) is 26.4 Å². The van der Waals surface area contributed by atoms with Gasteiger partial charge in [-0.25, -0.2) is 9.78 Å². The second kappa shape index (κ2) is 5.38. The Morgan fingerprint density at radius 3 is 2.78 bits per heavy atom. The van der Waals surface area contributed by atoms with Gasteiger partial charge in [-0.2, -0.15) is 0 Å². The molecule has 0 aliphatic heterocycles. The lowest BCUT2D eigenvalue weighted by atomic mass is 10.2. The minimum Gasteiger partial charge on any atom is -0.465 e. The van der Waals surface area contributed by atoms with Crippen molar-refractivity contribution in [3.8, 4) is 0 Å². The van der Waals surface area contributed by atoms with E-state index in [2.05, 4.69) is 9.88 Å². The number of hydrogen-bond donors (Lipinski definition) is 0. The molecular formula is C14H20N2O2. The SMILES string of the molecule is COC(=O)c1ccc(N(C)CCC2CC2)nc1C. The Morgan fingerprint density at radius 2 is 2.22 bits per heavy atom. The quantitative estimate of drug-likeness (QED) is 0.750. The molecule has 0 atom stereocenters. The summed E-state index contributed by atoms with van der Waals surface area (Å²) in [6, 6.07) is 3.67. The summed E-state index contributed by atoms with van der Waals surface area (Å²) in [5, 5.41) is 0. The van der Waals surface area contributed by atoms with Gasteiger partial charge in [0.1, 0.15) is 5.82 Å². The molecule has 1 aliphatic rings. The zero-order valence-corrected chi connectivity index (χ0v) is 11.3. The fourth-order valence-corrected chi connectivity index (χ4v) is 1.98. The summed E-state index contributed by atoms with van der Waals surface area (Å²) in [6.45, 7) is 2.86. The number of esters is 1. The third kappa shape index (κ3) is 3.00. The summed E-state index contributed by atoms with van der Waals surface area (Å²) >= 11 is 0. The fourth-order valence-electron chi connectivity index (χ4n) is 1.98. The highest BCUT2D eigenvalue weighted by Gasteiger charge is 2.21. The van der Waals surface area contributed by atoms with Gasteiger partial charge in [-0.1, -0.05) is 12.8 Å². The van der Waals surface area contributed by atoms with Crippen molar-refractivity contribution < 1.29 is 9.53 Å². The predicted molar refractivity (Wildman–Crippen MR) is 70.9 cm³/mol. The second-order valence-corrected chi connectivity index (χ2v) is 4.95. The van der Waals surface area contributed by atoms with Crippen LogP contribution in [0.5, 0.6) is 0 Å². The number of hydrogen-bond acceptors (Lipinski definition) is 4. The summed E-state index contributed by atoms with van der Waals surface area (Å²) in [5.74, 6) is 1.51. The number of aryl methyl sites for hydroxylation is 1. The topological polar surface area (TPSA) is 42.4 Å². The number of nitrogens with zero attached hydrogens (tertiary/aromatic N) is 2. The maximum absolute atomic E-state index is 11.5. The highest BCUT2D eigenvalue weighted by atomic mass is 16.5. The summed E-state index contributed by atoms with van der Waals surface area (Å²) in [7, 11) is 3.43. The van der Waals surface area contributed by atoms with Crippen molar-refractivity contribution in [3.05, 3.63) is 23.4 Å². The molecule has 1 saturated carbocycles. The number of aromatic nitrogens is 1. The van der Waals surface area contributed by atoms with Crippen molar-refractivity contribution in [2.45, 2.75) is 26.2 Å². The lowest BCUT2D eigenvalue weighted by Gasteiger charge is -2.19. The van der Waals surface area contributed by atoms with E-state index in [0.29, 0.717) is 5.56 Å². The Kier molecular flexibility index (Phi) is 3.84. The number of ether oxygens (including phenoxy) is 1. The zero-order valence-electron chi connectivity index (χ0n) is 11.3. The molecule has 1 aliphatic carbocycles. The van der Waals surface area contributed by atoms with E-state index < -0.39 is 0 Å². The van der Waals surface area contributed by atoms with Crippen molar-refractivity contribution in [3.63, 3.8) is 0 Å². The van der Waals surface area contributed by atoms with Crippen molar-refractivity contribution in [1.29, 1.82) is 0 Å². The Hall–Kier alpha value is -1.58. The molecule has 0 unspecified atom stereocenters. The van der Waals surface area contributed by atoms with Crippen LogP contribution < -0.4 is 4.90 Å². The van der Waals surface area contributed by atoms with Crippen LogP contribution in [0.4, 0.5) is 5.82 Å². The molecule has 0 aromatic carbocycles. The van der Waals surface area contributed by atoms with Crippen LogP contribution in [0, 0.1) is 12.8 Å². The van der Waals surface area contributed by atoms with Gasteiger partial charge in [-0.3, -0.25) is 0 Å². The Labute approximate surface area is 108 Å². The number of rotatable bonds is 5.